The zero-order valence-corrected chi connectivity index (χ0v) is 9.56. The van der Waals surface area contributed by atoms with Gasteiger partial charge < -0.3 is 15.2 Å². The van der Waals surface area contributed by atoms with Crippen LogP contribution in [0.3, 0.4) is 0 Å². The highest BCUT2D eigenvalue weighted by molar-refractivity contribution is 5.78. The van der Waals surface area contributed by atoms with Crippen LogP contribution in [0.5, 0.6) is 5.75 Å². The third-order valence-corrected chi connectivity index (χ3v) is 2.18. The minimum absolute atomic E-state index is 0.0517. The average molecular weight is 223 g/mol. The van der Waals surface area contributed by atoms with Gasteiger partial charge in [-0.15, -0.1) is 0 Å². The SMILES string of the molecule is COc1cccc(CC(=O)NC(C)CO)c1. The van der Waals surface area contributed by atoms with E-state index in [-0.39, 0.29) is 18.6 Å². The first-order valence-corrected chi connectivity index (χ1v) is 5.19. The number of hydrogen-bond acceptors (Lipinski definition) is 3. The first kappa shape index (κ1) is 12.5. The summed E-state index contributed by atoms with van der Waals surface area (Å²) < 4.78 is 5.07. The van der Waals surface area contributed by atoms with Gasteiger partial charge in [-0.1, -0.05) is 12.1 Å². The molecule has 0 aliphatic rings. The molecule has 1 rings (SSSR count). The Morgan fingerprint density at radius 2 is 2.31 bits per heavy atom. The summed E-state index contributed by atoms with van der Waals surface area (Å²) in [5, 5.41) is 11.5. The maximum Gasteiger partial charge on any atom is 0.224 e. The topological polar surface area (TPSA) is 58.6 Å². The Hall–Kier alpha value is -1.55. The van der Waals surface area contributed by atoms with E-state index in [4.69, 9.17) is 9.84 Å². The van der Waals surface area contributed by atoms with Crippen molar-refractivity contribution in [1.29, 1.82) is 0 Å². The number of nitrogens with one attached hydrogen (secondary N) is 1. The largest absolute Gasteiger partial charge is 0.497 e. The molecule has 0 radical (unpaired) electrons. The molecule has 1 amide bonds. The van der Waals surface area contributed by atoms with Crippen LogP contribution in [0.1, 0.15) is 12.5 Å². The van der Waals surface area contributed by atoms with Crippen LogP contribution in [0.25, 0.3) is 0 Å². The summed E-state index contributed by atoms with van der Waals surface area (Å²) in [5.74, 6) is 0.635. The number of hydrogen-bond donors (Lipinski definition) is 2. The van der Waals surface area contributed by atoms with Crippen molar-refractivity contribution in [1.82, 2.24) is 5.32 Å². The average Bonchev–Trinajstić information content (AvgIpc) is 2.28. The molecule has 1 aromatic rings. The number of aliphatic hydroxyl groups is 1. The number of amides is 1. The minimum Gasteiger partial charge on any atom is -0.497 e. The first-order chi connectivity index (χ1) is 7.65. The van der Waals surface area contributed by atoms with Gasteiger partial charge in [0.1, 0.15) is 5.75 Å². The lowest BCUT2D eigenvalue weighted by Crippen LogP contribution is -2.35. The highest BCUT2D eigenvalue weighted by Crippen LogP contribution is 2.12. The van der Waals surface area contributed by atoms with Gasteiger partial charge in [-0.05, 0) is 24.6 Å². The van der Waals surface area contributed by atoms with Crippen LogP contribution in [0.4, 0.5) is 0 Å². The maximum absolute atomic E-state index is 11.5. The van der Waals surface area contributed by atoms with Gasteiger partial charge in [0.25, 0.3) is 0 Å². The second-order valence-electron chi connectivity index (χ2n) is 3.68. The fourth-order valence-corrected chi connectivity index (χ4v) is 1.34. The number of rotatable bonds is 5. The molecule has 0 bridgehead atoms. The van der Waals surface area contributed by atoms with E-state index < -0.39 is 0 Å². The molecule has 1 atom stereocenters. The van der Waals surface area contributed by atoms with E-state index in [0.29, 0.717) is 6.42 Å². The highest BCUT2D eigenvalue weighted by Gasteiger charge is 2.07. The molecule has 0 aliphatic carbocycles. The summed E-state index contributed by atoms with van der Waals surface area (Å²) in [7, 11) is 1.59. The summed E-state index contributed by atoms with van der Waals surface area (Å²) in [6.45, 7) is 1.70. The number of ether oxygens (including phenoxy) is 1. The Morgan fingerprint density at radius 3 is 2.94 bits per heavy atom. The second-order valence-corrected chi connectivity index (χ2v) is 3.68. The molecule has 0 heterocycles. The molecule has 0 spiro atoms. The zero-order valence-electron chi connectivity index (χ0n) is 9.56. The van der Waals surface area contributed by atoms with Crippen molar-refractivity contribution in [3.8, 4) is 5.75 Å². The summed E-state index contributed by atoms with van der Waals surface area (Å²) in [4.78, 5) is 11.5. The molecule has 4 nitrogen and oxygen atoms in total. The van der Waals surface area contributed by atoms with Gasteiger partial charge in [0, 0.05) is 6.04 Å². The van der Waals surface area contributed by atoms with Crippen molar-refractivity contribution in [2.24, 2.45) is 0 Å². The van der Waals surface area contributed by atoms with Crippen LogP contribution in [-0.2, 0) is 11.2 Å². The third kappa shape index (κ3) is 3.90. The molecule has 0 fully saturated rings. The Morgan fingerprint density at radius 1 is 1.56 bits per heavy atom. The molecular formula is C12H17NO3. The Bertz CT molecular complexity index is 352. The second kappa shape index (κ2) is 6.12. The van der Waals surface area contributed by atoms with Crippen molar-refractivity contribution in [2.45, 2.75) is 19.4 Å². The Balaban J connectivity index is 2.55. The van der Waals surface area contributed by atoms with E-state index in [0.717, 1.165) is 11.3 Å². The normalized spacial score (nSPS) is 11.9. The van der Waals surface area contributed by atoms with Crippen molar-refractivity contribution >= 4 is 5.91 Å². The van der Waals surface area contributed by atoms with Crippen LogP contribution in [0.15, 0.2) is 24.3 Å². The zero-order chi connectivity index (χ0) is 12.0. The molecular weight excluding hydrogens is 206 g/mol. The molecule has 16 heavy (non-hydrogen) atoms. The predicted molar refractivity (Wildman–Crippen MR) is 61.4 cm³/mol. The molecule has 0 saturated carbocycles. The quantitative estimate of drug-likeness (QED) is 0.774. The van der Waals surface area contributed by atoms with E-state index in [1.807, 2.05) is 24.3 Å². The molecule has 0 aromatic heterocycles. The van der Waals surface area contributed by atoms with Gasteiger partial charge in [0.2, 0.25) is 5.91 Å². The Labute approximate surface area is 95.2 Å². The lowest BCUT2D eigenvalue weighted by Gasteiger charge is -2.10. The van der Waals surface area contributed by atoms with E-state index >= 15 is 0 Å². The van der Waals surface area contributed by atoms with Gasteiger partial charge >= 0.3 is 0 Å². The molecule has 2 N–H and O–H groups in total. The number of carbonyl (C=O) groups is 1. The fourth-order valence-electron chi connectivity index (χ4n) is 1.34. The lowest BCUT2D eigenvalue weighted by atomic mass is 10.1. The summed E-state index contributed by atoms with van der Waals surface area (Å²) in [6.07, 6.45) is 0.293. The number of benzene rings is 1. The number of carbonyl (C=O) groups excluding carboxylic acids is 1. The van der Waals surface area contributed by atoms with E-state index in [1.54, 1.807) is 14.0 Å². The van der Waals surface area contributed by atoms with Crippen LogP contribution < -0.4 is 10.1 Å². The molecule has 1 aromatic carbocycles. The summed E-state index contributed by atoms with van der Waals surface area (Å²) in [5.41, 5.74) is 0.891. The van der Waals surface area contributed by atoms with Gasteiger partial charge in [0.05, 0.1) is 20.1 Å². The molecule has 88 valence electrons. The fraction of sp³-hybridized carbons (Fsp3) is 0.417. The van der Waals surface area contributed by atoms with Gasteiger partial charge in [-0.25, -0.2) is 0 Å². The summed E-state index contributed by atoms with van der Waals surface area (Å²) >= 11 is 0. The van der Waals surface area contributed by atoms with Gasteiger partial charge in [0.15, 0.2) is 0 Å². The van der Waals surface area contributed by atoms with Crippen molar-refractivity contribution in [3.63, 3.8) is 0 Å². The first-order valence-electron chi connectivity index (χ1n) is 5.19. The molecule has 1 unspecified atom stereocenters. The van der Waals surface area contributed by atoms with E-state index in [1.165, 1.54) is 0 Å². The Kier molecular flexibility index (Phi) is 4.79. The lowest BCUT2D eigenvalue weighted by molar-refractivity contribution is -0.121. The van der Waals surface area contributed by atoms with Crippen LogP contribution >= 0.6 is 0 Å². The van der Waals surface area contributed by atoms with Gasteiger partial charge in [-0.3, -0.25) is 4.79 Å². The van der Waals surface area contributed by atoms with Crippen molar-refractivity contribution in [2.75, 3.05) is 13.7 Å². The van der Waals surface area contributed by atoms with Crippen LogP contribution in [0, 0.1) is 0 Å². The van der Waals surface area contributed by atoms with Crippen molar-refractivity contribution in [3.05, 3.63) is 29.8 Å². The van der Waals surface area contributed by atoms with Crippen LogP contribution in [0.2, 0.25) is 0 Å². The van der Waals surface area contributed by atoms with E-state index in [2.05, 4.69) is 5.32 Å². The minimum atomic E-state index is -0.210. The monoisotopic (exact) mass is 223 g/mol. The predicted octanol–water partition coefficient (Wildman–Crippen LogP) is 0.735. The van der Waals surface area contributed by atoms with E-state index in [9.17, 15) is 4.79 Å². The maximum atomic E-state index is 11.5. The smallest absolute Gasteiger partial charge is 0.224 e. The van der Waals surface area contributed by atoms with Crippen LogP contribution in [-0.4, -0.2) is 30.8 Å². The summed E-state index contributed by atoms with van der Waals surface area (Å²) in [6, 6.07) is 7.15. The highest BCUT2D eigenvalue weighted by atomic mass is 16.5. The number of aliphatic hydroxyl groups excluding tert-OH is 1. The molecule has 0 aliphatic heterocycles. The third-order valence-electron chi connectivity index (χ3n) is 2.18. The van der Waals surface area contributed by atoms with Crippen molar-refractivity contribution < 1.29 is 14.6 Å². The molecule has 0 saturated heterocycles. The standard InChI is InChI=1S/C12H17NO3/c1-9(8-14)13-12(15)7-10-4-3-5-11(6-10)16-2/h3-6,9,14H,7-8H2,1-2H3,(H,13,15). The number of methoxy groups -OCH3 is 1. The van der Waals surface area contributed by atoms with Gasteiger partial charge in [-0.2, -0.15) is 0 Å². The molecule has 4 heteroatoms.